The number of amides is 3. The summed E-state index contributed by atoms with van der Waals surface area (Å²) in [5, 5.41) is 8.94. The van der Waals surface area contributed by atoms with Gasteiger partial charge in [-0.3, -0.25) is 4.79 Å². The second-order valence-electron chi connectivity index (χ2n) is 6.18. The molecule has 2 rings (SSSR count). The van der Waals surface area contributed by atoms with Crippen LogP contribution in [0.25, 0.3) is 0 Å². The number of fused-ring (bicyclic) bond motifs is 1. The van der Waals surface area contributed by atoms with Crippen molar-refractivity contribution < 1.29 is 9.59 Å². The number of hydrogen-bond donors (Lipinski definition) is 3. The zero-order chi connectivity index (χ0) is 17.4. The topological polar surface area (TPSA) is 73.5 Å². The monoisotopic (exact) mass is 332 g/mol. The van der Waals surface area contributed by atoms with Gasteiger partial charge in [-0.05, 0) is 31.0 Å². The van der Waals surface area contributed by atoms with Gasteiger partial charge < -0.3 is 20.9 Å². The first-order chi connectivity index (χ1) is 11.6. The molecule has 0 aromatic heterocycles. The number of carbonyl (C=O) groups is 2. The van der Waals surface area contributed by atoms with Crippen LogP contribution in [0, 0.1) is 0 Å². The molecule has 1 atom stereocenters. The molecule has 1 aromatic carbocycles. The summed E-state index contributed by atoms with van der Waals surface area (Å²) in [5.74, 6) is -0.0379. The van der Waals surface area contributed by atoms with Crippen molar-refractivity contribution in [3.63, 3.8) is 0 Å². The Labute approximate surface area is 144 Å². The Morgan fingerprint density at radius 3 is 2.71 bits per heavy atom. The Morgan fingerprint density at radius 1 is 1.21 bits per heavy atom. The molecule has 0 bridgehead atoms. The number of likely N-dealkylation sites (N-methyl/N-ethyl adjacent to an activating group) is 1. The van der Waals surface area contributed by atoms with Crippen molar-refractivity contribution in [2.45, 2.75) is 39.3 Å². The van der Waals surface area contributed by atoms with E-state index in [1.807, 2.05) is 26.0 Å². The highest BCUT2D eigenvalue weighted by atomic mass is 16.2. The van der Waals surface area contributed by atoms with Gasteiger partial charge in [0.1, 0.15) is 0 Å². The van der Waals surface area contributed by atoms with Gasteiger partial charge in [-0.15, -0.1) is 0 Å². The maximum absolute atomic E-state index is 12.2. The van der Waals surface area contributed by atoms with Crippen LogP contribution in [-0.4, -0.2) is 49.1 Å². The van der Waals surface area contributed by atoms with Crippen LogP contribution in [0.1, 0.15) is 31.4 Å². The van der Waals surface area contributed by atoms with Crippen molar-refractivity contribution in [2.75, 3.05) is 26.2 Å². The lowest BCUT2D eigenvalue weighted by Gasteiger charge is -2.28. The second kappa shape index (κ2) is 9.27. The van der Waals surface area contributed by atoms with Gasteiger partial charge >= 0.3 is 6.03 Å². The van der Waals surface area contributed by atoms with E-state index in [2.05, 4.69) is 28.1 Å². The first-order valence-electron chi connectivity index (χ1n) is 8.69. The van der Waals surface area contributed by atoms with Crippen molar-refractivity contribution in [2.24, 2.45) is 0 Å². The number of carbonyl (C=O) groups excluding carboxylic acids is 2. The molecule has 0 saturated carbocycles. The summed E-state index contributed by atoms with van der Waals surface area (Å²) in [6, 6.07) is 8.36. The smallest absolute Gasteiger partial charge is 0.317 e. The molecule has 0 saturated heterocycles. The number of urea groups is 1. The molecule has 6 heteroatoms. The zero-order valence-corrected chi connectivity index (χ0v) is 14.6. The van der Waals surface area contributed by atoms with E-state index in [1.54, 1.807) is 4.90 Å². The molecule has 132 valence electrons. The van der Waals surface area contributed by atoms with E-state index < -0.39 is 0 Å². The number of rotatable bonds is 7. The third-order valence-corrected chi connectivity index (χ3v) is 4.20. The molecule has 1 aliphatic rings. The molecule has 1 aliphatic heterocycles. The lowest BCUT2D eigenvalue weighted by molar-refractivity contribution is -0.121. The molecule has 0 spiro atoms. The third kappa shape index (κ3) is 5.53. The average Bonchev–Trinajstić information content (AvgIpc) is 2.59. The summed E-state index contributed by atoms with van der Waals surface area (Å²) in [6.07, 6.45) is 1.18. The number of benzene rings is 1. The molecular formula is C18H28N4O2. The normalized spacial score (nSPS) is 14.7. The molecule has 1 heterocycles. The largest absolute Gasteiger partial charge is 0.354 e. The third-order valence-electron chi connectivity index (χ3n) is 4.20. The van der Waals surface area contributed by atoms with E-state index in [0.717, 1.165) is 19.5 Å². The maximum Gasteiger partial charge on any atom is 0.317 e. The van der Waals surface area contributed by atoms with E-state index >= 15 is 0 Å². The van der Waals surface area contributed by atoms with Gasteiger partial charge in [0, 0.05) is 38.6 Å². The number of nitrogens with zero attached hydrogens (tertiary/aromatic N) is 1. The Balaban J connectivity index is 1.66. The Bertz CT molecular complexity index is 562. The van der Waals surface area contributed by atoms with Crippen LogP contribution >= 0.6 is 0 Å². The Morgan fingerprint density at radius 2 is 1.96 bits per heavy atom. The molecular weight excluding hydrogens is 304 g/mol. The molecule has 0 fully saturated rings. The van der Waals surface area contributed by atoms with Crippen molar-refractivity contribution in [1.82, 2.24) is 20.9 Å². The van der Waals surface area contributed by atoms with E-state index in [1.165, 1.54) is 11.1 Å². The predicted molar refractivity (Wildman–Crippen MR) is 94.7 cm³/mol. The molecule has 6 nitrogen and oxygen atoms in total. The van der Waals surface area contributed by atoms with Crippen LogP contribution in [0.2, 0.25) is 0 Å². The minimum Gasteiger partial charge on any atom is -0.354 e. The second-order valence-corrected chi connectivity index (χ2v) is 6.18. The van der Waals surface area contributed by atoms with Crippen molar-refractivity contribution >= 4 is 11.9 Å². The van der Waals surface area contributed by atoms with E-state index in [4.69, 9.17) is 0 Å². The molecule has 0 aliphatic carbocycles. The predicted octanol–water partition coefficient (Wildman–Crippen LogP) is 1.26. The molecule has 3 amide bonds. The summed E-state index contributed by atoms with van der Waals surface area (Å²) in [7, 11) is 0. The molecule has 0 radical (unpaired) electrons. The molecule has 1 aromatic rings. The first-order valence-corrected chi connectivity index (χ1v) is 8.69. The molecule has 0 unspecified atom stereocenters. The van der Waals surface area contributed by atoms with Gasteiger partial charge in [-0.1, -0.05) is 31.2 Å². The maximum atomic E-state index is 12.2. The highest BCUT2D eigenvalue weighted by Crippen LogP contribution is 2.18. The Hall–Kier alpha value is -2.08. The van der Waals surface area contributed by atoms with Gasteiger partial charge in [0.15, 0.2) is 0 Å². The summed E-state index contributed by atoms with van der Waals surface area (Å²) in [6.45, 7) is 7.25. The van der Waals surface area contributed by atoms with Crippen LogP contribution in [0.4, 0.5) is 4.79 Å². The van der Waals surface area contributed by atoms with Crippen molar-refractivity contribution in [1.29, 1.82) is 0 Å². The van der Waals surface area contributed by atoms with Gasteiger partial charge in [-0.2, -0.15) is 0 Å². The fourth-order valence-electron chi connectivity index (χ4n) is 2.84. The molecule has 3 N–H and O–H groups in total. The number of hydrogen-bond acceptors (Lipinski definition) is 3. The highest BCUT2D eigenvalue weighted by molar-refractivity contribution is 5.78. The molecule has 24 heavy (non-hydrogen) atoms. The lowest BCUT2D eigenvalue weighted by atomic mass is 10.0. The fourth-order valence-corrected chi connectivity index (χ4v) is 2.84. The summed E-state index contributed by atoms with van der Waals surface area (Å²) in [4.78, 5) is 25.8. The highest BCUT2D eigenvalue weighted by Gasteiger charge is 2.20. The fraction of sp³-hybridized carbons (Fsp3) is 0.556. The van der Waals surface area contributed by atoms with Gasteiger partial charge in [-0.25, -0.2) is 4.79 Å². The summed E-state index contributed by atoms with van der Waals surface area (Å²) in [5.41, 5.74) is 2.52. The van der Waals surface area contributed by atoms with Crippen LogP contribution in [0.5, 0.6) is 0 Å². The van der Waals surface area contributed by atoms with Crippen molar-refractivity contribution in [3.8, 4) is 0 Å². The summed E-state index contributed by atoms with van der Waals surface area (Å²) < 4.78 is 0. The first kappa shape index (κ1) is 18.3. The van der Waals surface area contributed by atoms with Crippen LogP contribution < -0.4 is 16.0 Å². The minimum absolute atomic E-state index is 0.0379. The van der Waals surface area contributed by atoms with Gasteiger partial charge in [0.05, 0.1) is 0 Å². The van der Waals surface area contributed by atoms with Crippen LogP contribution in [0.3, 0.4) is 0 Å². The van der Waals surface area contributed by atoms with Gasteiger partial charge in [0.2, 0.25) is 5.91 Å². The quantitative estimate of drug-likeness (QED) is 0.704. The van der Waals surface area contributed by atoms with E-state index in [0.29, 0.717) is 26.1 Å². The SMILES string of the molecule is CCN[C@H](C)CNC(=O)CCNC(=O)N1CCc2ccccc2C1. The minimum atomic E-state index is -0.0988. The van der Waals surface area contributed by atoms with E-state index in [9.17, 15) is 9.59 Å². The average molecular weight is 332 g/mol. The zero-order valence-electron chi connectivity index (χ0n) is 14.6. The van der Waals surface area contributed by atoms with Crippen LogP contribution in [-0.2, 0) is 17.8 Å². The number of nitrogens with one attached hydrogen (secondary N) is 3. The van der Waals surface area contributed by atoms with Crippen LogP contribution in [0.15, 0.2) is 24.3 Å². The Kier molecular flexibility index (Phi) is 7.06. The lowest BCUT2D eigenvalue weighted by Crippen LogP contribution is -2.44. The van der Waals surface area contributed by atoms with Crippen molar-refractivity contribution in [3.05, 3.63) is 35.4 Å². The van der Waals surface area contributed by atoms with Gasteiger partial charge in [0.25, 0.3) is 0 Å². The standard InChI is InChI=1S/C18H28N4O2/c1-3-19-14(2)12-21-17(23)8-10-20-18(24)22-11-9-15-6-4-5-7-16(15)13-22/h4-7,14,19H,3,8-13H2,1-2H3,(H,20,24)(H,21,23)/t14-/m1/s1. The van der Waals surface area contributed by atoms with E-state index in [-0.39, 0.29) is 18.0 Å². The summed E-state index contributed by atoms with van der Waals surface area (Å²) >= 11 is 0.